The Morgan fingerprint density at radius 1 is 1.36 bits per heavy atom. The van der Waals surface area contributed by atoms with Crippen molar-refractivity contribution >= 4 is 16.9 Å². The van der Waals surface area contributed by atoms with E-state index in [2.05, 4.69) is 22.9 Å². The van der Waals surface area contributed by atoms with E-state index in [1.165, 1.54) is 49.6 Å². The highest BCUT2D eigenvalue weighted by molar-refractivity contribution is 8.16. The molecule has 0 bridgehead atoms. The fourth-order valence-corrected chi connectivity index (χ4v) is 1.88. The van der Waals surface area contributed by atoms with Crippen LogP contribution in [0.25, 0.3) is 0 Å². The lowest BCUT2D eigenvalue weighted by Crippen LogP contribution is -2.17. The van der Waals surface area contributed by atoms with Gasteiger partial charge in [-0.2, -0.15) is 5.10 Å². The Labute approximate surface area is 90.2 Å². The molecule has 14 heavy (non-hydrogen) atoms. The first-order valence-electron chi connectivity index (χ1n) is 5.28. The summed E-state index contributed by atoms with van der Waals surface area (Å²) in [5.41, 5.74) is 9.66. The van der Waals surface area contributed by atoms with Crippen molar-refractivity contribution in [1.82, 2.24) is 5.43 Å². The van der Waals surface area contributed by atoms with Crippen LogP contribution in [0.15, 0.2) is 16.2 Å². The molecule has 3 N–H and O–H groups in total. The van der Waals surface area contributed by atoms with Gasteiger partial charge in [-0.05, 0) is 18.2 Å². The Morgan fingerprint density at radius 3 is 2.79 bits per heavy atom. The summed E-state index contributed by atoms with van der Waals surface area (Å²) in [4.78, 5) is 0. The second kappa shape index (κ2) is 6.76. The van der Waals surface area contributed by atoms with E-state index in [1.54, 1.807) is 0 Å². The van der Waals surface area contributed by atoms with E-state index in [9.17, 15) is 0 Å². The molecule has 80 valence electrons. The minimum absolute atomic E-state index is 0.597. The molecule has 0 fully saturated rings. The van der Waals surface area contributed by atoms with Crippen molar-refractivity contribution in [3.05, 3.63) is 11.1 Å². The Morgan fingerprint density at radius 2 is 2.14 bits per heavy atom. The topological polar surface area (TPSA) is 50.4 Å². The highest BCUT2D eigenvalue weighted by Crippen LogP contribution is 2.16. The number of nitrogens with two attached hydrogens (primary N) is 1. The summed E-state index contributed by atoms with van der Waals surface area (Å²) in [7, 11) is 0. The lowest BCUT2D eigenvalue weighted by atomic mass is 10.1. The van der Waals surface area contributed by atoms with Crippen LogP contribution in [0.3, 0.4) is 0 Å². The molecule has 0 aromatic carbocycles. The summed E-state index contributed by atoms with van der Waals surface area (Å²) in [6, 6.07) is 0. The molecule has 0 saturated carbocycles. The van der Waals surface area contributed by atoms with Crippen molar-refractivity contribution in [3.63, 3.8) is 0 Å². The van der Waals surface area contributed by atoms with Gasteiger partial charge in [0.15, 0.2) is 5.17 Å². The quantitative estimate of drug-likeness (QED) is 0.667. The van der Waals surface area contributed by atoms with E-state index < -0.39 is 0 Å². The maximum atomic E-state index is 5.50. The molecule has 0 atom stereocenters. The van der Waals surface area contributed by atoms with Crippen molar-refractivity contribution in [2.75, 3.05) is 0 Å². The smallest absolute Gasteiger partial charge is 0.182 e. The molecule has 1 heterocycles. The Kier molecular flexibility index (Phi) is 5.52. The van der Waals surface area contributed by atoms with Gasteiger partial charge in [0.1, 0.15) is 0 Å². The fraction of sp³-hybridized carbons (Fsp3) is 0.700. The first-order valence-corrected chi connectivity index (χ1v) is 6.15. The zero-order valence-electron chi connectivity index (χ0n) is 8.75. The Balaban J connectivity index is 2.02. The number of allylic oxidation sites excluding steroid dienone is 1. The standard InChI is InChI=1S/C10H19N3S/c1-2-3-4-5-6-7-9-8-14-10(11)13-12-9/h8,12H,2-7H2,1H3,(H2,11,13). The lowest BCUT2D eigenvalue weighted by molar-refractivity contribution is 0.618. The van der Waals surface area contributed by atoms with Gasteiger partial charge in [-0.3, -0.25) is 5.43 Å². The predicted octanol–water partition coefficient (Wildman–Crippen LogP) is 2.75. The van der Waals surface area contributed by atoms with Gasteiger partial charge in [-0.1, -0.05) is 44.4 Å². The monoisotopic (exact) mass is 213 g/mol. The first kappa shape index (κ1) is 11.4. The molecule has 1 rings (SSSR count). The van der Waals surface area contributed by atoms with Crippen LogP contribution in [0.5, 0.6) is 0 Å². The number of rotatable bonds is 6. The second-order valence-electron chi connectivity index (χ2n) is 3.49. The number of hydrogen-bond donors (Lipinski definition) is 2. The molecule has 0 aromatic heterocycles. The number of hydrazone groups is 1. The van der Waals surface area contributed by atoms with E-state index in [0.29, 0.717) is 5.17 Å². The van der Waals surface area contributed by atoms with Crippen LogP contribution in [0.4, 0.5) is 0 Å². The fourth-order valence-electron chi connectivity index (χ4n) is 1.34. The summed E-state index contributed by atoms with van der Waals surface area (Å²) in [5.74, 6) is 0. The molecule has 0 amide bonds. The van der Waals surface area contributed by atoms with E-state index in [4.69, 9.17) is 5.73 Å². The minimum Gasteiger partial charge on any atom is -0.377 e. The summed E-state index contributed by atoms with van der Waals surface area (Å²) in [5, 5.41) is 6.62. The Bertz CT molecular complexity index is 223. The van der Waals surface area contributed by atoms with Gasteiger partial charge in [0.25, 0.3) is 0 Å². The molecule has 1 aliphatic heterocycles. The lowest BCUT2D eigenvalue weighted by Gasteiger charge is -2.11. The molecule has 0 unspecified atom stereocenters. The normalized spacial score (nSPS) is 15.8. The molecule has 0 spiro atoms. The summed E-state index contributed by atoms with van der Waals surface area (Å²) >= 11 is 1.50. The number of amidine groups is 1. The van der Waals surface area contributed by atoms with Crippen LogP contribution in [-0.4, -0.2) is 5.17 Å². The highest BCUT2D eigenvalue weighted by Gasteiger charge is 2.03. The average Bonchev–Trinajstić information content (AvgIpc) is 2.21. The van der Waals surface area contributed by atoms with Crippen molar-refractivity contribution in [2.45, 2.75) is 45.4 Å². The van der Waals surface area contributed by atoms with E-state index >= 15 is 0 Å². The molecule has 0 radical (unpaired) electrons. The van der Waals surface area contributed by atoms with E-state index in [0.717, 1.165) is 6.42 Å². The van der Waals surface area contributed by atoms with Gasteiger partial charge >= 0.3 is 0 Å². The van der Waals surface area contributed by atoms with E-state index in [1.807, 2.05) is 0 Å². The third-order valence-electron chi connectivity index (χ3n) is 2.18. The van der Waals surface area contributed by atoms with Crippen molar-refractivity contribution in [2.24, 2.45) is 10.8 Å². The molecule has 0 saturated heterocycles. The number of nitrogens with one attached hydrogen (secondary N) is 1. The van der Waals surface area contributed by atoms with Crippen LogP contribution < -0.4 is 11.2 Å². The molecular formula is C10H19N3S. The summed E-state index contributed by atoms with van der Waals surface area (Å²) < 4.78 is 0. The van der Waals surface area contributed by atoms with Gasteiger partial charge in [-0.25, -0.2) is 0 Å². The molecule has 0 aromatic rings. The Hall–Kier alpha value is -0.640. The van der Waals surface area contributed by atoms with Crippen molar-refractivity contribution in [1.29, 1.82) is 0 Å². The second-order valence-corrected chi connectivity index (χ2v) is 4.38. The number of unbranched alkanes of at least 4 members (excludes halogenated alkanes) is 4. The van der Waals surface area contributed by atoms with Crippen LogP contribution in [0, 0.1) is 0 Å². The average molecular weight is 213 g/mol. The van der Waals surface area contributed by atoms with Crippen LogP contribution in [0.2, 0.25) is 0 Å². The van der Waals surface area contributed by atoms with Crippen LogP contribution in [-0.2, 0) is 0 Å². The number of nitrogens with zero attached hydrogens (tertiary/aromatic N) is 1. The van der Waals surface area contributed by atoms with Gasteiger partial charge in [0.05, 0.1) is 0 Å². The minimum atomic E-state index is 0.597. The van der Waals surface area contributed by atoms with Gasteiger partial charge in [-0.15, -0.1) is 0 Å². The summed E-state index contributed by atoms with van der Waals surface area (Å²) in [6.07, 6.45) is 7.66. The third kappa shape index (κ3) is 4.56. The molecule has 0 aliphatic carbocycles. The SMILES string of the molecule is CCCCCCCC1=CSC(N)=NN1. The molecular weight excluding hydrogens is 194 g/mol. The van der Waals surface area contributed by atoms with Crippen molar-refractivity contribution in [3.8, 4) is 0 Å². The molecule has 4 heteroatoms. The molecule has 3 nitrogen and oxygen atoms in total. The number of thioether (sulfide) groups is 1. The zero-order chi connectivity index (χ0) is 10.2. The maximum Gasteiger partial charge on any atom is 0.182 e. The van der Waals surface area contributed by atoms with Crippen LogP contribution in [0.1, 0.15) is 45.4 Å². The largest absolute Gasteiger partial charge is 0.377 e. The summed E-state index contributed by atoms with van der Waals surface area (Å²) in [6.45, 7) is 2.24. The number of hydrogen-bond acceptors (Lipinski definition) is 4. The van der Waals surface area contributed by atoms with Gasteiger partial charge in [0, 0.05) is 5.70 Å². The zero-order valence-corrected chi connectivity index (χ0v) is 9.57. The third-order valence-corrected chi connectivity index (χ3v) is 2.92. The highest BCUT2D eigenvalue weighted by atomic mass is 32.2. The predicted molar refractivity (Wildman–Crippen MR) is 63.8 cm³/mol. The maximum absolute atomic E-state index is 5.50. The van der Waals surface area contributed by atoms with Gasteiger partial charge in [0.2, 0.25) is 0 Å². The first-order chi connectivity index (χ1) is 6.83. The molecule has 1 aliphatic rings. The van der Waals surface area contributed by atoms with Crippen LogP contribution >= 0.6 is 11.8 Å². The van der Waals surface area contributed by atoms with Crippen molar-refractivity contribution < 1.29 is 0 Å². The van der Waals surface area contributed by atoms with E-state index in [-0.39, 0.29) is 0 Å². The van der Waals surface area contributed by atoms with Gasteiger partial charge < -0.3 is 5.73 Å².